The van der Waals surface area contributed by atoms with Crippen molar-refractivity contribution in [3.8, 4) is 17.1 Å². The molecule has 0 bridgehead atoms. The summed E-state index contributed by atoms with van der Waals surface area (Å²) in [6.45, 7) is 0.00786. The molecule has 0 aromatic carbocycles. The molecule has 27 heavy (non-hydrogen) atoms. The van der Waals surface area contributed by atoms with E-state index in [1.54, 1.807) is 18.3 Å². The van der Waals surface area contributed by atoms with E-state index in [0.717, 1.165) is 16.1 Å². The van der Waals surface area contributed by atoms with Gasteiger partial charge in [0.25, 0.3) is 0 Å². The van der Waals surface area contributed by atoms with Crippen molar-refractivity contribution >= 4 is 5.82 Å². The number of anilines is 1. The topological polar surface area (TPSA) is 94.9 Å². The van der Waals surface area contributed by atoms with Crippen LogP contribution in [0.15, 0.2) is 59.6 Å². The first kappa shape index (κ1) is 18.5. The first-order valence-corrected chi connectivity index (χ1v) is 8.27. The predicted octanol–water partition coefficient (Wildman–Crippen LogP) is 1.37. The van der Waals surface area contributed by atoms with Gasteiger partial charge in [-0.15, -0.1) is 0 Å². The molecule has 3 rings (SSSR count). The van der Waals surface area contributed by atoms with Crippen molar-refractivity contribution in [2.75, 3.05) is 25.5 Å². The fourth-order valence-corrected chi connectivity index (χ4v) is 2.46. The lowest BCUT2D eigenvalue weighted by atomic mass is 10.2. The zero-order valence-electron chi connectivity index (χ0n) is 15.1. The van der Waals surface area contributed by atoms with Crippen molar-refractivity contribution in [1.82, 2.24) is 24.3 Å². The highest BCUT2D eigenvalue weighted by Crippen LogP contribution is 2.19. The van der Waals surface area contributed by atoms with Crippen LogP contribution in [-0.2, 0) is 6.54 Å². The van der Waals surface area contributed by atoms with Gasteiger partial charge in [0.15, 0.2) is 0 Å². The van der Waals surface area contributed by atoms with Crippen LogP contribution in [-0.4, -0.2) is 45.0 Å². The third kappa shape index (κ3) is 3.93. The number of hydrogen-bond acceptors (Lipinski definition) is 6. The SMILES string of the molecule is CN(C)c1ccc(-c2cccc(-n3cnn(C/C(=C/F)CN)c3=O)n2)cn1. The normalized spacial score (nSPS) is 11.6. The highest BCUT2D eigenvalue weighted by atomic mass is 19.1. The minimum atomic E-state index is -0.423. The molecular formula is C18H20FN7O. The van der Waals surface area contributed by atoms with Crippen LogP contribution >= 0.6 is 0 Å². The van der Waals surface area contributed by atoms with Gasteiger partial charge in [-0.1, -0.05) is 6.07 Å². The lowest BCUT2D eigenvalue weighted by molar-refractivity contribution is 0.612. The van der Waals surface area contributed by atoms with Crippen molar-refractivity contribution in [2.45, 2.75) is 6.54 Å². The molecule has 0 fully saturated rings. The largest absolute Gasteiger partial charge is 0.363 e. The molecule has 0 aliphatic rings. The molecule has 0 unspecified atom stereocenters. The number of halogens is 1. The van der Waals surface area contributed by atoms with Crippen molar-refractivity contribution in [1.29, 1.82) is 0 Å². The summed E-state index contributed by atoms with van der Waals surface area (Å²) in [5.41, 5.74) is 6.79. The number of pyridine rings is 2. The van der Waals surface area contributed by atoms with Crippen LogP contribution in [0.5, 0.6) is 0 Å². The summed E-state index contributed by atoms with van der Waals surface area (Å²) in [5, 5.41) is 4.01. The Morgan fingerprint density at radius 3 is 2.74 bits per heavy atom. The Morgan fingerprint density at radius 1 is 1.30 bits per heavy atom. The van der Waals surface area contributed by atoms with Crippen LogP contribution in [0.1, 0.15) is 0 Å². The first-order chi connectivity index (χ1) is 13.0. The molecule has 0 spiro atoms. The quantitative estimate of drug-likeness (QED) is 0.705. The molecule has 0 saturated heterocycles. The Hall–Kier alpha value is -3.33. The Bertz CT molecular complexity index is 1010. The van der Waals surface area contributed by atoms with Crippen LogP contribution in [0.25, 0.3) is 17.1 Å². The monoisotopic (exact) mass is 369 g/mol. The average Bonchev–Trinajstić information content (AvgIpc) is 3.06. The molecule has 8 nitrogen and oxygen atoms in total. The van der Waals surface area contributed by atoms with Gasteiger partial charge in [0.05, 0.1) is 18.6 Å². The van der Waals surface area contributed by atoms with Gasteiger partial charge in [-0.2, -0.15) is 5.10 Å². The second-order valence-electron chi connectivity index (χ2n) is 6.09. The summed E-state index contributed by atoms with van der Waals surface area (Å²) in [5.74, 6) is 1.25. The number of nitrogens with zero attached hydrogens (tertiary/aromatic N) is 6. The number of nitrogens with two attached hydrogens (primary N) is 1. The van der Waals surface area contributed by atoms with Gasteiger partial charge in [0.1, 0.15) is 18.0 Å². The molecular weight excluding hydrogens is 349 g/mol. The van der Waals surface area contributed by atoms with Crippen LogP contribution < -0.4 is 16.3 Å². The maximum Gasteiger partial charge on any atom is 0.351 e. The number of aromatic nitrogens is 5. The molecule has 0 aliphatic carbocycles. The lowest BCUT2D eigenvalue weighted by Crippen LogP contribution is -2.26. The number of rotatable bonds is 6. The van der Waals surface area contributed by atoms with E-state index >= 15 is 0 Å². The van der Waals surface area contributed by atoms with E-state index in [4.69, 9.17) is 5.73 Å². The Morgan fingerprint density at radius 2 is 2.11 bits per heavy atom. The summed E-state index contributed by atoms with van der Waals surface area (Å²) in [6, 6.07) is 9.15. The van der Waals surface area contributed by atoms with E-state index in [-0.39, 0.29) is 18.7 Å². The third-order valence-corrected chi connectivity index (χ3v) is 3.99. The molecule has 0 aliphatic heterocycles. The van der Waals surface area contributed by atoms with Gasteiger partial charge in [-0.05, 0) is 29.8 Å². The smallest absolute Gasteiger partial charge is 0.351 e. The minimum absolute atomic E-state index is 0.00551. The second kappa shape index (κ2) is 7.92. The van der Waals surface area contributed by atoms with Crippen LogP contribution in [0.2, 0.25) is 0 Å². The Balaban J connectivity index is 1.92. The van der Waals surface area contributed by atoms with E-state index in [0.29, 0.717) is 17.8 Å². The van der Waals surface area contributed by atoms with Gasteiger partial charge in [0.2, 0.25) is 0 Å². The van der Waals surface area contributed by atoms with Crippen molar-refractivity contribution in [3.05, 3.63) is 65.2 Å². The van der Waals surface area contributed by atoms with Crippen LogP contribution in [0, 0.1) is 0 Å². The third-order valence-electron chi connectivity index (χ3n) is 3.99. The van der Waals surface area contributed by atoms with E-state index in [1.165, 1.54) is 10.9 Å². The zero-order valence-corrected chi connectivity index (χ0v) is 15.1. The van der Waals surface area contributed by atoms with Crippen LogP contribution in [0.3, 0.4) is 0 Å². The molecule has 3 heterocycles. The second-order valence-corrected chi connectivity index (χ2v) is 6.09. The van der Waals surface area contributed by atoms with Crippen molar-refractivity contribution < 1.29 is 4.39 Å². The molecule has 2 N–H and O–H groups in total. The fraction of sp³-hybridized carbons (Fsp3) is 0.222. The van der Waals surface area contributed by atoms with Crippen molar-refractivity contribution in [2.24, 2.45) is 5.73 Å². The molecule has 0 atom stereocenters. The summed E-state index contributed by atoms with van der Waals surface area (Å²) in [6.07, 6.45) is 3.48. The maximum atomic E-state index is 12.7. The van der Waals surface area contributed by atoms with Gasteiger partial charge in [-0.25, -0.2) is 28.4 Å². The van der Waals surface area contributed by atoms with Gasteiger partial charge in [-0.3, -0.25) is 0 Å². The zero-order chi connectivity index (χ0) is 19.4. The molecule has 0 saturated carbocycles. The lowest BCUT2D eigenvalue weighted by Gasteiger charge is -2.11. The van der Waals surface area contributed by atoms with Crippen molar-refractivity contribution in [3.63, 3.8) is 0 Å². The molecule has 3 aromatic rings. The number of hydrogen-bond donors (Lipinski definition) is 1. The Labute approximate surface area is 155 Å². The first-order valence-electron chi connectivity index (χ1n) is 8.27. The predicted molar refractivity (Wildman–Crippen MR) is 101 cm³/mol. The van der Waals surface area contributed by atoms with Crippen LogP contribution in [0.4, 0.5) is 10.2 Å². The van der Waals surface area contributed by atoms with E-state index in [9.17, 15) is 9.18 Å². The summed E-state index contributed by atoms with van der Waals surface area (Å²) in [7, 11) is 3.83. The van der Waals surface area contributed by atoms with Gasteiger partial charge in [0, 0.05) is 32.4 Å². The Kier molecular flexibility index (Phi) is 5.41. The minimum Gasteiger partial charge on any atom is -0.363 e. The van der Waals surface area contributed by atoms with Gasteiger partial charge < -0.3 is 10.6 Å². The van der Waals surface area contributed by atoms with E-state index < -0.39 is 5.69 Å². The summed E-state index contributed by atoms with van der Waals surface area (Å²) >= 11 is 0. The average molecular weight is 369 g/mol. The summed E-state index contributed by atoms with van der Waals surface area (Å²) in [4.78, 5) is 23.3. The fourth-order valence-electron chi connectivity index (χ4n) is 2.46. The van der Waals surface area contributed by atoms with E-state index in [2.05, 4.69) is 15.1 Å². The molecule has 140 valence electrons. The maximum absolute atomic E-state index is 12.7. The van der Waals surface area contributed by atoms with E-state index in [1.807, 2.05) is 37.2 Å². The molecule has 0 radical (unpaired) electrons. The molecule has 9 heteroatoms. The van der Waals surface area contributed by atoms with Gasteiger partial charge >= 0.3 is 5.69 Å². The molecule has 0 amide bonds. The standard InChI is InChI=1S/C18H20FN7O/c1-24(2)16-7-6-14(10-21-16)15-4-3-5-17(23-15)25-12-22-26(18(25)27)11-13(8-19)9-20/h3-8,10,12H,9,11,20H2,1-2H3/b13-8+. The molecule has 3 aromatic heterocycles. The highest BCUT2D eigenvalue weighted by molar-refractivity contribution is 5.60. The summed E-state index contributed by atoms with van der Waals surface area (Å²) < 4.78 is 15.2. The highest BCUT2D eigenvalue weighted by Gasteiger charge is 2.11.